The third-order valence-electron chi connectivity index (χ3n) is 4.08. The molecule has 0 bridgehead atoms. The lowest BCUT2D eigenvalue weighted by Gasteiger charge is -2.33. The van der Waals surface area contributed by atoms with Crippen LogP contribution in [0.1, 0.15) is 51.5 Å². The molecule has 0 heteroatoms. The number of unbranched alkanes of at least 4 members (excludes halogenated alkanes) is 1. The molecule has 2 rings (SSSR count). The molecule has 1 aromatic carbocycles. The first-order valence-corrected chi connectivity index (χ1v) is 7.24. The Balaban J connectivity index is 2.27. The number of benzene rings is 1. The van der Waals surface area contributed by atoms with Crippen molar-refractivity contribution in [3.63, 3.8) is 0 Å². The first kappa shape index (κ1) is 13.1. The first-order chi connectivity index (χ1) is 8.80. The maximum Gasteiger partial charge on any atom is 0.0170 e. The summed E-state index contributed by atoms with van der Waals surface area (Å²) in [6.45, 7) is 4.51. The molecule has 0 fully saturated rings. The van der Waals surface area contributed by atoms with Crippen LogP contribution in [0.4, 0.5) is 0 Å². The van der Waals surface area contributed by atoms with Gasteiger partial charge < -0.3 is 0 Å². The lowest BCUT2D eigenvalue weighted by molar-refractivity contribution is 0.467. The van der Waals surface area contributed by atoms with Gasteiger partial charge in [0, 0.05) is 5.41 Å². The standard InChI is InChI=1S/C18H24/c1-3-5-13-18(17-9-7-6-8-10-17)14-11-16(4-2)12-15-18/h6-12,14H,3-5,13,15H2,1-2H3. The van der Waals surface area contributed by atoms with Crippen molar-refractivity contribution in [3.05, 3.63) is 59.7 Å². The van der Waals surface area contributed by atoms with Gasteiger partial charge in [0.2, 0.25) is 0 Å². The zero-order valence-corrected chi connectivity index (χ0v) is 11.7. The van der Waals surface area contributed by atoms with Crippen molar-refractivity contribution < 1.29 is 0 Å². The summed E-state index contributed by atoms with van der Waals surface area (Å²) in [6.07, 6.45) is 13.4. The van der Waals surface area contributed by atoms with Crippen molar-refractivity contribution in [1.82, 2.24) is 0 Å². The van der Waals surface area contributed by atoms with Gasteiger partial charge >= 0.3 is 0 Å². The van der Waals surface area contributed by atoms with Crippen LogP contribution in [0.25, 0.3) is 0 Å². The predicted molar refractivity (Wildman–Crippen MR) is 79.8 cm³/mol. The van der Waals surface area contributed by atoms with E-state index in [1.165, 1.54) is 30.4 Å². The van der Waals surface area contributed by atoms with Gasteiger partial charge in [-0.15, -0.1) is 0 Å². The van der Waals surface area contributed by atoms with E-state index in [4.69, 9.17) is 0 Å². The van der Waals surface area contributed by atoms with Crippen molar-refractivity contribution in [2.45, 2.75) is 51.4 Å². The summed E-state index contributed by atoms with van der Waals surface area (Å²) >= 11 is 0. The molecule has 1 atom stereocenters. The first-order valence-electron chi connectivity index (χ1n) is 7.24. The molecule has 0 heterocycles. The average Bonchev–Trinajstić information content (AvgIpc) is 2.46. The van der Waals surface area contributed by atoms with E-state index >= 15 is 0 Å². The molecule has 1 aliphatic rings. The van der Waals surface area contributed by atoms with Gasteiger partial charge in [0.25, 0.3) is 0 Å². The van der Waals surface area contributed by atoms with Crippen LogP contribution in [-0.4, -0.2) is 0 Å². The van der Waals surface area contributed by atoms with E-state index in [2.05, 4.69) is 62.4 Å². The Hall–Kier alpha value is -1.30. The van der Waals surface area contributed by atoms with E-state index < -0.39 is 0 Å². The minimum atomic E-state index is 0.246. The molecule has 0 saturated carbocycles. The summed E-state index contributed by atoms with van der Waals surface area (Å²) in [7, 11) is 0. The highest BCUT2D eigenvalue weighted by molar-refractivity contribution is 5.38. The molecule has 0 aliphatic heterocycles. The zero-order chi connectivity index (χ0) is 12.8. The quantitative estimate of drug-likeness (QED) is 0.645. The fraction of sp³-hybridized carbons (Fsp3) is 0.444. The highest BCUT2D eigenvalue weighted by Crippen LogP contribution is 2.38. The van der Waals surface area contributed by atoms with Crippen LogP contribution in [0, 0.1) is 0 Å². The van der Waals surface area contributed by atoms with E-state index in [1.54, 1.807) is 0 Å². The van der Waals surface area contributed by atoms with Crippen molar-refractivity contribution >= 4 is 0 Å². The van der Waals surface area contributed by atoms with Gasteiger partial charge in [-0.2, -0.15) is 0 Å². The zero-order valence-electron chi connectivity index (χ0n) is 11.7. The van der Waals surface area contributed by atoms with E-state index in [9.17, 15) is 0 Å². The van der Waals surface area contributed by atoms with Gasteiger partial charge in [0.1, 0.15) is 0 Å². The fourth-order valence-electron chi connectivity index (χ4n) is 2.78. The molecule has 0 radical (unpaired) electrons. The number of allylic oxidation sites excluding steroid dienone is 4. The number of rotatable bonds is 5. The van der Waals surface area contributed by atoms with Crippen LogP contribution in [0.2, 0.25) is 0 Å². The minimum absolute atomic E-state index is 0.246. The Bertz CT molecular complexity index is 425. The molecule has 0 spiro atoms. The Labute approximate surface area is 111 Å². The van der Waals surface area contributed by atoms with Crippen LogP contribution < -0.4 is 0 Å². The summed E-state index contributed by atoms with van der Waals surface area (Å²) < 4.78 is 0. The molecule has 0 aromatic heterocycles. The highest BCUT2D eigenvalue weighted by Gasteiger charge is 2.29. The topological polar surface area (TPSA) is 0 Å². The van der Waals surface area contributed by atoms with Crippen LogP contribution in [0.3, 0.4) is 0 Å². The summed E-state index contributed by atoms with van der Waals surface area (Å²) in [4.78, 5) is 0. The fourth-order valence-corrected chi connectivity index (χ4v) is 2.78. The Morgan fingerprint density at radius 3 is 2.44 bits per heavy atom. The van der Waals surface area contributed by atoms with Gasteiger partial charge in [0.05, 0.1) is 0 Å². The maximum atomic E-state index is 2.46. The van der Waals surface area contributed by atoms with Crippen LogP contribution >= 0.6 is 0 Å². The lowest BCUT2D eigenvalue weighted by atomic mass is 9.71. The molecule has 0 N–H and O–H groups in total. The summed E-state index contributed by atoms with van der Waals surface area (Å²) in [5.41, 5.74) is 3.20. The molecule has 18 heavy (non-hydrogen) atoms. The molecular formula is C18H24. The SMILES string of the molecule is CCCCC1(c2ccccc2)C=CC(CC)=CC1. The molecule has 1 aliphatic carbocycles. The second kappa shape index (κ2) is 6.04. The minimum Gasteiger partial charge on any atom is -0.0801 e. The van der Waals surface area contributed by atoms with Crippen molar-refractivity contribution in [3.8, 4) is 0 Å². The third kappa shape index (κ3) is 2.75. The van der Waals surface area contributed by atoms with Crippen molar-refractivity contribution in [2.75, 3.05) is 0 Å². The number of hydrogen-bond acceptors (Lipinski definition) is 0. The van der Waals surface area contributed by atoms with Gasteiger partial charge in [-0.25, -0.2) is 0 Å². The lowest BCUT2D eigenvalue weighted by Crippen LogP contribution is -2.24. The van der Waals surface area contributed by atoms with Gasteiger partial charge in [-0.1, -0.05) is 80.8 Å². The molecule has 96 valence electrons. The normalized spacial score (nSPS) is 22.9. The molecule has 0 nitrogen and oxygen atoms in total. The Morgan fingerprint density at radius 1 is 1.11 bits per heavy atom. The number of hydrogen-bond donors (Lipinski definition) is 0. The van der Waals surface area contributed by atoms with E-state index in [0.29, 0.717) is 0 Å². The van der Waals surface area contributed by atoms with Crippen molar-refractivity contribution in [2.24, 2.45) is 0 Å². The predicted octanol–water partition coefficient (Wildman–Crippen LogP) is 5.41. The molecule has 1 unspecified atom stereocenters. The highest BCUT2D eigenvalue weighted by atomic mass is 14.3. The molecule has 0 saturated heterocycles. The van der Waals surface area contributed by atoms with Gasteiger partial charge in [-0.05, 0) is 24.8 Å². The molecule has 1 aromatic rings. The summed E-state index contributed by atoms with van der Waals surface area (Å²) in [5, 5.41) is 0. The van der Waals surface area contributed by atoms with E-state index in [0.717, 1.165) is 12.8 Å². The Kier molecular flexibility index (Phi) is 4.41. The average molecular weight is 240 g/mol. The summed E-state index contributed by atoms with van der Waals surface area (Å²) in [6, 6.07) is 11.0. The summed E-state index contributed by atoms with van der Waals surface area (Å²) in [5.74, 6) is 0. The molecule has 0 amide bonds. The molecular weight excluding hydrogens is 216 g/mol. The van der Waals surface area contributed by atoms with Crippen LogP contribution in [0.15, 0.2) is 54.1 Å². The monoisotopic (exact) mass is 240 g/mol. The van der Waals surface area contributed by atoms with Crippen molar-refractivity contribution in [1.29, 1.82) is 0 Å². The van der Waals surface area contributed by atoms with Crippen LogP contribution in [0.5, 0.6) is 0 Å². The Morgan fingerprint density at radius 2 is 1.89 bits per heavy atom. The smallest absolute Gasteiger partial charge is 0.0170 e. The van der Waals surface area contributed by atoms with E-state index in [1.807, 2.05) is 0 Å². The second-order valence-corrected chi connectivity index (χ2v) is 5.30. The van der Waals surface area contributed by atoms with Gasteiger partial charge in [-0.3, -0.25) is 0 Å². The second-order valence-electron chi connectivity index (χ2n) is 5.30. The van der Waals surface area contributed by atoms with E-state index in [-0.39, 0.29) is 5.41 Å². The largest absolute Gasteiger partial charge is 0.0801 e. The third-order valence-corrected chi connectivity index (χ3v) is 4.08. The maximum absolute atomic E-state index is 2.46. The van der Waals surface area contributed by atoms with Gasteiger partial charge in [0.15, 0.2) is 0 Å². The van der Waals surface area contributed by atoms with Crippen LogP contribution in [-0.2, 0) is 5.41 Å².